The predicted molar refractivity (Wildman–Crippen MR) is 78.0 cm³/mol. The van der Waals surface area contributed by atoms with Crippen molar-refractivity contribution in [2.24, 2.45) is 7.05 Å². The molecule has 0 saturated heterocycles. The van der Waals surface area contributed by atoms with Gasteiger partial charge in [-0.1, -0.05) is 19.3 Å². The van der Waals surface area contributed by atoms with Gasteiger partial charge in [0.05, 0.1) is 12.1 Å². The number of carboxylic acids is 1. The van der Waals surface area contributed by atoms with Crippen molar-refractivity contribution in [1.82, 2.24) is 15.1 Å². The van der Waals surface area contributed by atoms with Gasteiger partial charge < -0.3 is 10.4 Å². The molecule has 6 heteroatoms. The van der Waals surface area contributed by atoms with Crippen LogP contribution in [0.1, 0.15) is 49.1 Å². The number of nitrogens with zero attached hydrogens (tertiary/aromatic N) is 2. The average Bonchev–Trinajstić information content (AvgIpc) is 2.66. The molecule has 0 radical (unpaired) electrons. The maximum Gasteiger partial charge on any atom is 0.329 e. The van der Waals surface area contributed by atoms with Crippen molar-refractivity contribution in [3.05, 3.63) is 17.0 Å². The fraction of sp³-hybridized carbons (Fsp3) is 0.667. The zero-order valence-electron chi connectivity index (χ0n) is 12.9. The first-order chi connectivity index (χ1) is 9.85. The van der Waals surface area contributed by atoms with Crippen LogP contribution in [0.4, 0.5) is 0 Å². The molecule has 0 aliphatic heterocycles. The number of aliphatic carboxylic acids is 1. The molecule has 6 nitrogen and oxygen atoms in total. The zero-order chi connectivity index (χ0) is 15.6. The lowest BCUT2D eigenvalue weighted by Gasteiger charge is -2.34. The van der Waals surface area contributed by atoms with Crippen molar-refractivity contribution < 1.29 is 14.7 Å². The summed E-state index contributed by atoms with van der Waals surface area (Å²) in [5.74, 6) is -1.16. The lowest BCUT2D eigenvalue weighted by molar-refractivity contribution is -0.149. The van der Waals surface area contributed by atoms with Crippen molar-refractivity contribution in [2.45, 2.75) is 57.9 Å². The first-order valence-corrected chi connectivity index (χ1v) is 7.39. The molecule has 1 aromatic heterocycles. The Morgan fingerprint density at radius 2 is 1.90 bits per heavy atom. The second-order valence-electron chi connectivity index (χ2n) is 5.95. The minimum Gasteiger partial charge on any atom is -0.480 e. The second kappa shape index (κ2) is 5.87. The van der Waals surface area contributed by atoms with Gasteiger partial charge in [0, 0.05) is 18.3 Å². The molecule has 0 aromatic carbocycles. The molecular formula is C15H23N3O3. The van der Waals surface area contributed by atoms with Crippen molar-refractivity contribution in [1.29, 1.82) is 0 Å². The van der Waals surface area contributed by atoms with Crippen molar-refractivity contribution in [2.75, 3.05) is 0 Å². The summed E-state index contributed by atoms with van der Waals surface area (Å²) in [6, 6.07) is 0. The summed E-state index contributed by atoms with van der Waals surface area (Å²) in [7, 11) is 1.84. The van der Waals surface area contributed by atoms with Gasteiger partial charge in [-0.05, 0) is 26.7 Å². The predicted octanol–water partition coefficient (Wildman–Crippen LogP) is 1.48. The van der Waals surface area contributed by atoms with Crippen LogP contribution in [0.5, 0.6) is 0 Å². The first-order valence-electron chi connectivity index (χ1n) is 7.39. The van der Waals surface area contributed by atoms with E-state index in [0.29, 0.717) is 12.8 Å². The summed E-state index contributed by atoms with van der Waals surface area (Å²) in [6.07, 6.45) is 3.93. The summed E-state index contributed by atoms with van der Waals surface area (Å²) < 4.78 is 1.74. The molecule has 2 N–H and O–H groups in total. The van der Waals surface area contributed by atoms with E-state index in [4.69, 9.17) is 0 Å². The number of amides is 1. The molecular weight excluding hydrogens is 270 g/mol. The Morgan fingerprint density at radius 3 is 2.38 bits per heavy atom. The average molecular weight is 293 g/mol. The normalized spacial score (nSPS) is 17.5. The highest BCUT2D eigenvalue weighted by Gasteiger charge is 2.40. The summed E-state index contributed by atoms with van der Waals surface area (Å²) in [6.45, 7) is 3.78. The van der Waals surface area contributed by atoms with Gasteiger partial charge >= 0.3 is 5.97 Å². The Bertz CT molecular complexity index is 557. The van der Waals surface area contributed by atoms with Crippen LogP contribution in [0.25, 0.3) is 0 Å². The van der Waals surface area contributed by atoms with Gasteiger partial charge in [-0.25, -0.2) is 4.79 Å². The number of nitrogens with one attached hydrogen (secondary N) is 1. The zero-order valence-corrected chi connectivity index (χ0v) is 12.9. The highest BCUT2D eigenvalue weighted by molar-refractivity contribution is 5.88. The summed E-state index contributed by atoms with van der Waals surface area (Å²) in [5.41, 5.74) is 1.56. The minimum atomic E-state index is -1.08. The summed E-state index contributed by atoms with van der Waals surface area (Å²) in [5, 5.41) is 16.5. The molecule has 2 rings (SSSR count). The standard InChI is InChI=1S/C15H23N3O3/c1-10-12(11(2)18(3)17-10)9-13(19)16-15(14(20)21)7-5-4-6-8-15/h4-9H2,1-3H3,(H,16,19)(H,20,21). The van der Waals surface area contributed by atoms with E-state index in [0.717, 1.165) is 36.2 Å². The third kappa shape index (κ3) is 3.09. The maximum absolute atomic E-state index is 12.3. The molecule has 1 heterocycles. The Hall–Kier alpha value is -1.85. The van der Waals surface area contributed by atoms with Crippen LogP contribution >= 0.6 is 0 Å². The SMILES string of the molecule is Cc1nn(C)c(C)c1CC(=O)NC1(C(=O)O)CCCCC1. The number of carboxylic acid groups (broad SMARTS) is 1. The molecule has 21 heavy (non-hydrogen) atoms. The highest BCUT2D eigenvalue weighted by Crippen LogP contribution is 2.28. The van der Waals surface area contributed by atoms with Gasteiger partial charge in [0.25, 0.3) is 0 Å². The molecule has 116 valence electrons. The van der Waals surface area contributed by atoms with E-state index < -0.39 is 11.5 Å². The minimum absolute atomic E-state index is 0.181. The fourth-order valence-corrected chi connectivity index (χ4v) is 3.09. The van der Waals surface area contributed by atoms with Crippen LogP contribution in [-0.2, 0) is 23.1 Å². The van der Waals surface area contributed by atoms with E-state index in [1.807, 2.05) is 20.9 Å². The number of rotatable bonds is 4. The highest BCUT2D eigenvalue weighted by atomic mass is 16.4. The summed E-state index contributed by atoms with van der Waals surface area (Å²) >= 11 is 0. The number of carbonyl (C=O) groups is 2. The van der Waals surface area contributed by atoms with Crippen LogP contribution in [-0.4, -0.2) is 32.3 Å². The Balaban J connectivity index is 2.11. The largest absolute Gasteiger partial charge is 0.480 e. The van der Waals surface area contributed by atoms with Crippen molar-refractivity contribution in [3.8, 4) is 0 Å². The molecule has 0 atom stereocenters. The topological polar surface area (TPSA) is 84.2 Å². The Labute approximate surface area is 124 Å². The van der Waals surface area contributed by atoms with Crippen LogP contribution in [0, 0.1) is 13.8 Å². The maximum atomic E-state index is 12.3. The van der Waals surface area contributed by atoms with Gasteiger partial charge in [0.15, 0.2) is 0 Å². The third-order valence-corrected chi connectivity index (χ3v) is 4.49. The number of carbonyl (C=O) groups excluding carboxylic acids is 1. The van der Waals surface area contributed by atoms with Gasteiger partial charge in [-0.2, -0.15) is 5.10 Å². The van der Waals surface area contributed by atoms with Crippen LogP contribution < -0.4 is 5.32 Å². The molecule has 1 aliphatic rings. The second-order valence-corrected chi connectivity index (χ2v) is 5.95. The number of aryl methyl sites for hydroxylation is 2. The van der Waals surface area contributed by atoms with E-state index in [1.54, 1.807) is 4.68 Å². The van der Waals surface area contributed by atoms with Crippen LogP contribution in [0.2, 0.25) is 0 Å². The molecule has 1 aromatic rings. The fourth-order valence-electron chi connectivity index (χ4n) is 3.09. The van der Waals surface area contributed by atoms with E-state index >= 15 is 0 Å². The molecule has 1 amide bonds. The molecule has 0 unspecified atom stereocenters. The van der Waals surface area contributed by atoms with Gasteiger partial charge in [-0.15, -0.1) is 0 Å². The molecule has 0 spiro atoms. The first kappa shape index (κ1) is 15.5. The van der Waals surface area contributed by atoms with Crippen molar-refractivity contribution in [3.63, 3.8) is 0 Å². The van der Waals surface area contributed by atoms with Crippen molar-refractivity contribution >= 4 is 11.9 Å². The molecule has 1 aliphatic carbocycles. The van der Waals surface area contributed by atoms with Gasteiger partial charge in [0.1, 0.15) is 5.54 Å². The monoisotopic (exact) mass is 293 g/mol. The third-order valence-electron chi connectivity index (χ3n) is 4.49. The van der Waals surface area contributed by atoms with E-state index in [2.05, 4.69) is 10.4 Å². The van der Waals surface area contributed by atoms with E-state index in [9.17, 15) is 14.7 Å². The number of aromatic nitrogens is 2. The molecule has 1 fully saturated rings. The number of hydrogen-bond acceptors (Lipinski definition) is 3. The Morgan fingerprint density at radius 1 is 1.29 bits per heavy atom. The lowest BCUT2D eigenvalue weighted by Crippen LogP contribution is -2.56. The quantitative estimate of drug-likeness (QED) is 0.880. The van der Waals surface area contributed by atoms with Gasteiger partial charge in [0.2, 0.25) is 5.91 Å². The molecule has 1 saturated carbocycles. The smallest absolute Gasteiger partial charge is 0.329 e. The van der Waals surface area contributed by atoms with Crippen LogP contribution in [0.15, 0.2) is 0 Å². The Kier molecular flexibility index (Phi) is 4.34. The lowest BCUT2D eigenvalue weighted by atomic mass is 9.81. The number of hydrogen-bond donors (Lipinski definition) is 2. The molecule has 0 bridgehead atoms. The van der Waals surface area contributed by atoms with E-state index in [-0.39, 0.29) is 12.3 Å². The van der Waals surface area contributed by atoms with Crippen LogP contribution in [0.3, 0.4) is 0 Å². The summed E-state index contributed by atoms with van der Waals surface area (Å²) in [4.78, 5) is 23.9. The van der Waals surface area contributed by atoms with E-state index in [1.165, 1.54) is 0 Å². The van der Waals surface area contributed by atoms with Gasteiger partial charge in [-0.3, -0.25) is 9.48 Å².